The van der Waals surface area contributed by atoms with Gasteiger partial charge in [0.1, 0.15) is 10.7 Å². The third-order valence-electron chi connectivity index (χ3n) is 1.88. The van der Waals surface area contributed by atoms with Gasteiger partial charge < -0.3 is 4.98 Å². The Hall–Kier alpha value is -1.35. The van der Waals surface area contributed by atoms with Gasteiger partial charge in [0.25, 0.3) is 0 Å². The number of pyridine rings is 2. The molecule has 3 nitrogen and oxygen atoms in total. The highest BCUT2D eigenvalue weighted by molar-refractivity contribution is 6.29. The van der Waals surface area contributed by atoms with Gasteiger partial charge in [0, 0.05) is 12.3 Å². The molecule has 1 N–H and O–H groups in total. The number of aryl methyl sites for hydroxylation is 1. The third kappa shape index (κ3) is 1.31. The van der Waals surface area contributed by atoms with Gasteiger partial charge in [0.2, 0.25) is 5.43 Å². The van der Waals surface area contributed by atoms with E-state index in [9.17, 15) is 4.79 Å². The van der Waals surface area contributed by atoms with Crippen LogP contribution in [0.15, 0.2) is 23.1 Å². The van der Waals surface area contributed by atoms with E-state index in [2.05, 4.69) is 9.97 Å². The lowest BCUT2D eigenvalue weighted by Gasteiger charge is -2.00. The van der Waals surface area contributed by atoms with Gasteiger partial charge in [-0.05, 0) is 18.6 Å². The lowest BCUT2D eigenvalue weighted by molar-refractivity contribution is 1.28. The number of nitrogens with zero attached hydrogens (tertiary/aromatic N) is 1. The molecule has 0 fully saturated rings. The molecule has 2 aromatic rings. The second-order valence-electron chi connectivity index (χ2n) is 2.83. The van der Waals surface area contributed by atoms with Gasteiger partial charge in [-0.1, -0.05) is 11.6 Å². The first-order chi connectivity index (χ1) is 6.18. The summed E-state index contributed by atoms with van der Waals surface area (Å²) in [5, 5.41) is 0.349. The average Bonchev–Trinajstić information content (AvgIpc) is 2.07. The van der Waals surface area contributed by atoms with E-state index in [0.717, 1.165) is 11.1 Å². The number of hydrogen-bond acceptors (Lipinski definition) is 2. The van der Waals surface area contributed by atoms with E-state index in [4.69, 9.17) is 11.6 Å². The molecular formula is C9H7ClN2O. The number of aromatic amines is 1. The zero-order valence-corrected chi connectivity index (χ0v) is 7.72. The molecule has 0 bridgehead atoms. The van der Waals surface area contributed by atoms with Crippen LogP contribution in [-0.2, 0) is 0 Å². The Bertz CT molecular complexity index is 518. The molecule has 0 unspecified atom stereocenters. The van der Waals surface area contributed by atoms with E-state index in [-0.39, 0.29) is 5.43 Å². The van der Waals surface area contributed by atoms with Crippen LogP contribution in [0.4, 0.5) is 0 Å². The van der Waals surface area contributed by atoms with Crippen molar-refractivity contribution in [1.82, 2.24) is 9.97 Å². The topological polar surface area (TPSA) is 45.8 Å². The lowest BCUT2D eigenvalue weighted by atomic mass is 10.2. The Balaban J connectivity index is 3.03. The van der Waals surface area contributed by atoms with Crippen LogP contribution in [0.1, 0.15) is 5.56 Å². The summed E-state index contributed by atoms with van der Waals surface area (Å²) in [6, 6.07) is 3.16. The summed E-state index contributed by atoms with van der Waals surface area (Å²) in [6.07, 6.45) is 1.60. The molecule has 4 heteroatoms. The maximum atomic E-state index is 11.3. The van der Waals surface area contributed by atoms with Crippen molar-refractivity contribution in [2.75, 3.05) is 0 Å². The average molecular weight is 195 g/mol. The van der Waals surface area contributed by atoms with Crippen LogP contribution in [0, 0.1) is 6.92 Å². The van der Waals surface area contributed by atoms with Crippen LogP contribution in [-0.4, -0.2) is 9.97 Å². The highest BCUT2D eigenvalue weighted by Crippen LogP contribution is 2.14. The van der Waals surface area contributed by atoms with Gasteiger partial charge in [-0.2, -0.15) is 0 Å². The van der Waals surface area contributed by atoms with E-state index in [1.807, 2.05) is 6.92 Å². The molecule has 66 valence electrons. The summed E-state index contributed by atoms with van der Waals surface area (Å²) in [6.45, 7) is 1.88. The fourth-order valence-corrected chi connectivity index (χ4v) is 1.52. The number of aromatic nitrogens is 2. The molecule has 0 aliphatic heterocycles. The Kier molecular flexibility index (Phi) is 1.81. The summed E-state index contributed by atoms with van der Waals surface area (Å²) < 4.78 is 0. The Morgan fingerprint density at radius 3 is 3.08 bits per heavy atom. The van der Waals surface area contributed by atoms with Crippen molar-refractivity contribution in [3.8, 4) is 0 Å². The molecule has 2 rings (SSSR count). The second-order valence-corrected chi connectivity index (χ2v) is 3.21. The second kappa shape index (κ2) is 2.85. The van der Waals surface area contributed by atoms with Crippen molar-refractivity contribution in [2.45, 2.75) is 6.92 Å². The number of hydrogen-bond donors (Lipinski definition) is 1. The largest absolute Gasteiger partial charge is 0.359 e. The summed E-state index contributed by atoms with van der Waals surface area (Å²) in [4.78, 5) is 18.3. The summed E-state index contributed by atoms with van der Waals surface area (Å²) in [5.41, 5.74) is 1.96. The fraction of sp³-hybridized carbons (Fsp3) is 0.111. The van der Waals surface area contributed by atoms with Gasteiger partial charge in [0.15, 0.2) is 0 Å². The lowest BCUT2D eigenvalue weighted by Crippen LogP contribution is -2.03. The standard InChI is InChI=1S/C9H7ClN2O/c1-5-4-7(10)12-9-6(13)2-3-11-8(5)9/h2-4H,1H3,(H,11,13). The first-order valence-corrected chi connectivity index (χ1v) is 4.21. The van der Waals surface area contributed by atoms with Crippen molar-refractivity contribution in [3.05, 3.63) is 39.3 Å². The maximum Gasteiger partial charge on any atom is 0.207 e. The van der Waals surface area contributed by atoms with Crippen LogP contribution < -0.4 is 5.43 Å². The molecule has 0 saturated carbocycles. The monoisotopic (exact) mass is 194 g/mol. The van der Waals surface area contributed by atoms with Crippen LogP contribution in [0.5, 0.6) is 0 Å². The van der Waals surface area contributed by atoms with E-state index in [1.54, 1.807) is 12.3 Å². The van der Waals surface area contributed by atoms with Crippen LogP contribution in [0.25, 0.3) is 11.0 Å². The predicted molar refractivity (Wildman–Crippen MR) is 52.1 cm³/mol. The third-order valence-corrected chi connectivity index (χ3v) is 2.07. The highest BCUT2D eigenvalue weighted by Gasteiger charge is 2.03. The van der Waals surface area contributed by atoms with Gasteiger partial charge in [-0.15, -0.1) is 0 Å². The van der Waals surface area contributed by atoms with Crippen molar-refractivity contribution in [2.24, 2.45) is 0 Å². The molecular weight excluding hydrogens is 188 g/mol. The predicted octanol–water partition coefficient (Wildman–Crippen LogP) is 1.88. The number of nitrogens with one attached hydrogen (secondary N) is 1. The van der Waals surface area contributed by atoms with Crippen molar-refractivity contribution in [3.63, 3.8) is 0 Å². The SMILES string of the molecule is Cc1cc(Cl)nc2c(=O)cc[nH]c12. The molecule has 2 aromatic heterocycles. The van der Waals surface area contributed by atoms with Gasteiger partial charge in [0.05, 0.1) is 5.52 Å². The van der Waals surface area contributed by atoms with Gasteiger partial charge in [-0.25, -0.2) is 4.98 Å². The Morgan fingerprint density at radius 2 is 2.31 bits per heavy atom. The highest BCUT2D eigenvalue weighted by atomic mass is 35.5. The van der Waals surface area contributed by atoms with E-state index in [0.29, 0.717) is 10.7 Å². The molecule has 0 aliphatic carbocycles. The zero-order valence-electron chi connectivity index (χ0n) is 6.97. The van der Waals surface area contributed by atoms with Crippen molar-refractivity contribution >= 4 is 22.6 Å². The van der Waals surface area contributed by atoms with Crippen LogP contribution in [0.3, 0.4) is 0 Å². The van der Waals surface area contributed by atoms with E-state index < -0.39 is 0 Å². The summed E-state index contributed by atoms with van der Waals surface area (Å²) >= 11 is 5.73. The minimum Gasteiger partial charge on any atom is -0.359 e. The fourth-order valence-electron chi connectivity index (χ4n) is 1.27. The Morgan fingerprint density at radius 1 is 1.54 bits per heavy atom. The molecule has 0 atom stereocenters. The molecule has 0 amide bonds. The number of halogens is 1. The summed E-state index contributed by atoms with van der Waals surface area (Å²) in [7, 11) is 0. The van der Waals surface area contributed by atoms with Gasteiger partial charge in [-0.3, -0.25) is 4.79 Å². The Labute approximate surface area is 79.4 Å². The van der Waals surface area contributed by atoms with Crippen molar-refractivity contribution in [1.29, 1.82) is 0 Å². The molecule has 2 heterocycles. The van der Waals surface area contributed by atoms with Crippen molar-refractivity contribution < 1.29 is 0 Å². The molecule has 0 radical (unpaired) electrons. The van der Waals surface area contributed by atoms with E-state index in [1.165, 1.54) is 6.07 Å². The number of H-pyrrole nitrogens is 1. The number of rotatable bonds is 0. The zero-order chi connectivity index (χ0) is 9.42. The minimum absolute atomic E-state index is 0.112. The molecule has 0 saturated heterocycles. The first kappa shape index (κ1) is 8.26. The molecule has 0 aliphatic rings. The van der Waals surface area contributed by atoms with Crippen LogP contribution >= 0.6 is 11.6 Å². The quantitative estimate of drug-likeness (QED) is 0.651. The molecule has 0 aromatic carbocycles. The van der Waals surface area contributed by atoms with E-state index >= 15 is 0 Å². The minimum atomic E-state index is -0.112. The van der Waals surface area contributed by atoms with Gasteiger partial charge >= 0.3 is 0 Å². The maximum absolute atomic E-state index is 11.3. The summed E-state index contributed by atoms with van der Waals surface area (Å²) in [5.74, 6) is 0. The molecule has 0 spiro atoms. The van der Waals surface area contributed by atoms with Crippen LogP contribution in [0.2, 0.25) is 5.15 Å². The normalized spacial score (nSPS) is 10.6. The molecule has 13 heavy (non-hydrogen) atoms. The number of fused-ring (bicyclic) bond motifs is 1. The first-order valence-electron chi connectivity index (χ1n) is 3.83. The smallest absolute Gasteiger partial charge is 0.207 e.